The Morgan fingerprint density at radius 1 is 1.37 bits per heavy atom. The van der Waals surface area contributed by atoms with Gasteiger partial charge < -0.3 is 15.0 Å². The van der Waals surface area contributed by atoms with E-state index in [4.69, 9.17) is 10.5 Å². The number of nitrogens with zero attached hydrogens (tertiary/aromatic N) is 2. The normalized spacial score (nSPS) is 20.4. The third-order valence-electron chi connectivity index (χ3n) is 4.19. The van der Waals surface area contributed by atoms with Crippen molar-refractivity contribution in [1.29, 1.82) is 0 Å². The van der Waals surface area contributed by atoms with Gasteiger partial charge in [0.2, 0.25) is 0 Å². The molecule has 2 rings (SSSR count). The van der Waals surface area contributed by atoms with Crippen LogP contribution >= 0.6 is 0 Å². The van der Waals surface area contributed by atoms with E-state index in [2.05, 4.69) is 23.4 Å². The molecule has 1 atom stereocenters. The Bertz CT molecular complexity index is 377. The first kappa shape index (κ1) is 14.5. The molecule has 0 amide bonds. The van der Waals surface area contributed by atoms with E-state index < -0.39 is 0 Å². The van der Waals surface area contributed by atoms with Crippen molar-refractivity contribution in [3.63, 3.8) is 0 Å². The van der Waals surface area contributed by atoms with Crippen LogP contribution in [0.25, 0.3) is 0 Å². The first-order valence-corrected chi connectivity index (χ1v) is 7.64. The summed E-state index contributed by atoms with van der Waals surface area (Å²) < 4.78 is 8.29. The van der Waals surface area contributed by atoms with Gasteiger partial charge in [-0.2, -0.15) is 0 Å². The van der Waals surface area contributed by atoms with Crippen LogP contribution in [0.2, 0.25) is 0 Å². The summed E-state index contributed by atoms with van der Waals surface area (Å²) in [5.41, 5.74) is 6.35. The molecule has 1 fully saturated rings. The number of hydrogen-bond acceptors (Lipinski definition) is 3. The first-order chi connectivity index (χ1) is 9.23. The van der Waals surface area contributed by atoms with Crippen LogP contribution in [0, 0.1) is 0 Å². The summed E-state index contributed by atoms with van der Waals surface area (Å²) in [6, 6.07) is -0.116. The zero-order valence-corrected chi connectivity index (χ0v) is 12.3. The Kier molecular flexibility index (Phi) is 4.99. The minimum atomic E-state index is -0.205. The van der Waals surface area contributed by atoms with Crippen LogP contribution in [0.3, 0.4) is 0 Å². The maximum Gasteiger partial charge on any atom is 0.128 e. The molecule has 108 valence electrons. The lowest BCUT2D eigenvalue weighted by Crippen LogP contribution is -2.46. The van der Waals surface area contributed by atoms with E-state index in [0.717, 1.165) is 38.2 Å². The molecule has 0 saturated heterocycles. The summed E-state index contributed by atoms with van der Waals surface area (Å²) in [5.74, 6) is 0.984. The van der Waals surface area contributed by atoms with Gasteiger partial charge in [0, 0.05) is 25.5 Å². The number of rotatable bonds is 6. The smallest absolute Gasteiger partial charge is 0.128 e. The molecule has 0 aliphatic heterocycles. The molecule has 1 saturated carbocycles. The number of aryl methyl sites for hydroxylation is 1. The number of ether oxygens (including phenoxy) is 1. The van der Waals surface area contributed by atoms with Gasteiger partial charge in [-0.25, -0.2) is 4.98 Å². The average Bonchev–Trinajstić information content (AvgIpc) is 2.88. The lowest BCUT2D eigenvalue weighted by atomic mass is 9.79. The largest absolute Gasteiger partial charge is 0.373 e. The number of hydrogen-bond donors (Lipinski definition) is 1. The van der Waals surface area contributed by atoms with Crippen molar-refractivity contribution in [3.05, 3.63) is 18.2 Å². The van der Waals surface area contributed by atoms with E-state index in [1.165, 1.54) is 19.3 Å². The highest BCUT2D eigenvalue weighted by Crippen LogP contribution is 2.39. The summed E-state index contributed by atoms with van der Waals surface area (Å²) in [7, 11) is 0. The predicted octanol–water partition coefficient (Wildman–Crippen LogP) is 3.03. The van der Waals surface area contributed by atoms with E-state index in [1.807, 2.05) is 12.4 Å². The van der Waals surface area contributed by atoms with Crippen molar-refractivity contribution >= 4 is 0 Å². The predicted molar refractivity (Wildman–Crippen MR) is 76.9 cm³/mol. The van der Waals surface area contributed by atoms with Crippen LogP contribution in [0.5, 0.6) is 0 Å². The Balaban J connectivity index is 2.22. The monoisotopic (exact) mass is 265 g/mol. The van der Waals surface area contributed by atoms with Gasteiger partial charge in [-0.1, -0.05) is 26.2 Å². The van der Waals surface area contributed by atoms with Crippen LogP contribution in [0.1, 0.15) is 64.2 Å². The van der Waals surface area contributed by atoms with E-state index in [0.29, 0.717) is 0 Å². The second-order valence-corrected chi connectivity index (χ2v) is 5.51. The lowest BCUT2D eigenvalue weighted by Gasteiger charge is -2.41. The lowest BCUT2D eigenvalue weighted by molar-refractivity contribution is -0.0852. The Labute approximate surface area is 116 Å². The van der Waals surface area contributed by atoms with Gasteiger partial charge in [0.05, 0.1) is 11.6 Å². The van der Waals surface area contributed by atoms with E-state index in [9.17, 15) is 0 Å². The van der Waals surface area contributed by atoms with E-state index >= 15 is 0 Å². The van der Waals surface area contributed by atoms with Gasteiger partial charge in [0.25, 0.3) is 0 Å². The molecular formula is C15H27N3O. The van der Waals surface area contributed by atoms with Crippen molar-refractivity contribution in [3.8, 4) is 0 Å². The SMILES string of the molecule is CCCn1ccnc1C(N)C1(OCC)CCCCC1. The fourth-order valence-electron chi connectivity index (χ4n) is 3.25. The molecule has 0 spiro atoms. The minimum absolute atomic E-state index is 0.116. The van der Waals surface area contributed by atoms with Crippen molar-refractivity contribution in [2.24, 2.45) is 5.73 Å². The summed E-state index contributed by atoms with van der Waals surface area (Å²) in [6.45, 7) is 5.93. The molecule has 0 aromatic carbocycles. The standard InChI is InChI=1S/C15H27N3O/c1-3-11-18-12-10-17-14(18)13(16)15(19-4-2)8-6-5-7-9-15/h10,12-13H,3-9,11,16H2,1-2H3. The molecule has 19 heavy (non-hydrogen) atoms. The molecule has 2 N–H and O–H groups in total. The summed E-state index contributed by atoms with van der Waals surface area (Å²) in [5, 5.41) is 0. The second-order valence-electron chi connectivity index (χ2n) is 5.51. The molecule has 1 aliphatic carbocycles. The Morgan fingerprint density at radius 2 is 2.11 bits per heavy atom. The highest BCUT2D eigenvalue weighted by Gasteiger charge is 2.41. The molecule has 1 heterocycles. The molecule has 0 radical (unpaired) electrons. The van der Waals surface area contributed by atoms with Gasteiger partial charge in [0.15, 0.2) is 0 Å². The van der Waals surface area contributed by atoms with Crippen molar-refractivity contribution in [1.82, 2.24) is 9.55 Å². The van der Waals surface area contributed by atoms with E-state index in [1.54, 1.807) is 0 Å². The quantitative estimate of drug-likeness (QED) is 0.860. The molecule has 0 bridgehead atoms. The summed E-state index contributed by atoms with van der Waals surface area (Å²) in [6.07, 6.45) is 10.8. The van der Waals surface area contributed by atoms with Gasteiger partial charge in [-0.05, 0) is 26.2 Å². The zero-order valence-electron chi connectivity index (χ0n) is 12.3. The number of nitrogens with two attached hydrogens (primary N) is 1. The molecule has 1 unspecified atom stereocenters. The van der Waals surface area contributed by atoms with Gasteiger partial charge in [-0.15, -0.1) is 0 Å². The van der Waals surface area contributed by atoms with Crippen LogP contribution < -0.4 is 5.73 Å². The number of aromatic nitrogens is 2. The molecule has 1 aliphatic rings. The minimum Gasteiger partial charge on any atom is -0.373 e. The zero-order chi connectivity index (χ0) is 13.7. The van der Waals surface area contributed by atoms with Gasteiger partial charge >= 0.3 is 0 Å². The maximum absolute atomic E-state index is 6.56. The van der Waals surface area contributed by atoms with Crippen LogP contribution in [-0.2, 0) is 11.3 Å². The Hall–Kier alpha value is -0.870. The second kappa shape index (κ2) is 6.53. The fourth-order valence-corrected chi connectivity index (χ4v) is 3.25. The number of imidazole rings is 1. The third kappa shape index (κ3) is 3.00. The van der Waals surface area contributed by atoms with Crippen molar-refractivity contribution in [2.45, 2.75) is 70.6 Å². The summed E-state index contributed by atoms with van der Waals surface area (Å²) in [4.78, 5) is 4.50. The molecule has 4 nitrogen and oxygen atoms in total. The van der Waals surface area contributed by atoms with Crippen LogP contribution in [-0.4, -0.2) is 21.8 Å². The highest BCUT2D eigenvalue weighted by molar-refractivity contribution is 5.08. The van der Waals surface area contributed by atoms with Crippen molar-refractivity contribution < 1.29 is 4.74 Å². The van der Waals surface area contributed by atoms with Gasteiger partial charge in [0.1, 0.15) is 5.82 Å². The molecule has 1 aromatic heterocycles. The van der Waals surface area contributed by atoms with Crippen molar-refractivity contribution in [2.75, 3.05) is 6.61 Å². The van der Waals surface area contributed by atoms with Crippen LogP contribution in [0.4, 0.5) is 0 Å². The highest BCUT2D eigenvalue weighted by atomic mass is 16.5. The third-order valence-corrected chi connectivity index (χ3v) is 4.19. The van der Waals surface area contributed by atoms with E-state index in [-0.39, 0.29) is 11.6 Å². The average molecular weight is 265 g/mol. The Morgan fingerprint density at radius 3 is 2.74 bits per heavy atom. The molecule has 4 heteroatoms. The maximum atomic E-state index is 6.56. The fraction of sp³-hybridized carbons (Fsp3) is 0.800. The van der Waals surface area contributed by atoms with Gasteiger partial charge in [-0.3, -0.25) is 0 Å². The molecular weight excluding hydrogens is 238 g/mol. The topological polar surface area (TPSA) is 53.1 Å². The molecule has 1 aromatic rings. The summed E-state index contributed by atoms with van der Waals surface area (Å²) >= 11 is 0. The van der Waals surface area contributed by atoms with Crippen LogP contribution in [0.15, 0.2) is 12.4 Å². The first-order valence-electron chi connectivity index (χ1n) is 7.64.